The molecule has 1 unspecified atom stereocenters. The van der Waals surface area contributed by atoms with Crippen molar-refractivity contribution in [3.8, 4) is 28.3 Å². The number of rotatable bonds is 5. The largest absolute Gasteiger partial charge is 0.496 e. The fourth-order valence-corrected chi connectivity index (χ4v) is 4.56. The summed E-state index contributed by atoms with van der Waals surface area (Å²) < 4.78 is 13.6. The Labute approximate surface area is 191 Å². The number of benzene rings is 2. The molecule has 0 radical (unpaired) electrons. The molecule has 3 heterocycles. The predicted octanol–water partition coefficient (Wildman–Crippen LogP) is 3.81. The summed E-state index contributed by atoms with van der Waals surface area (Å²) in [7, 11) is 3.50. The first-order valence-electron chi connectivity index (χ1n) is 10.9. The molecule has 2 aromatic carbocycles. The minimum absolute atomic E-state index is 0.165. The number of amides is 1. The van der Waals surface area contributed by atoms with Crippen molar-refractivity contribution < 1.29 is 14.3 Å². The van der Waals surface area contributed by atoms with Crippen LogP contribution in [0.25, 0.3) is 33.4 Å². The van der Waals surface area contributed by atoms with E-state index in [1.165, 1.54) is 6.92 Å². The van der Waals surface area contributed by atoms with E-state index in [9.17, 15) is 4.79 Å². The second-order valence-electron chi connectivity index (χ2n) is 8.18. The lowest BCUT2D eigenvalue weighted by Crippen LogP contribution is -2.44. The molecular weight excluding hydrogens is 418 g/mol. The molecule has 1 fully saturated rings. The Morgan fingerprint density at radius 1 is 1.18 bits per heavy atom. The van der Waals surface area contributed by atoms with E-state index >= 15 is 0 Å². The van der Waals surface area contributed by atoms with Crippen LogP contribution >= 0.6 is 0 Å². The lowest BCUT2D eigenvalue weighted by molar-refractivity contribution is -0.128. The van der Waals surface area contributed by atoms with Crippen molar-refractivity contribution in [3.63, 3.8) is 0 Å². The molecule has 1 amide bonds. The standard InChI is InChI=1S/C25H25N5O3/c1-16(31)28-25(10-7-11-33-25)20-12-18-21(13-22(20)32-3)26-15-27-24(18)19-14-30(2)29-23(19)17-8-5-4-6-9-17/h4-6,8-9,12-15H,7,10-11H2,1-3H3,(H,28,31). The molecule has 4 aromatic rings. The van der Waals surface area contributed by atoms with Gasteiger partial charge in [0.05, 0.1) is 24.9 Å². The van der Waals surface area contributed by atoms with E-state index in [0.29, 0.717) is 18.8 Å². The number of aryl methyl sites for hydroxylation is 1. The van der Waals surface area contributed by atoms with Crippen molar-refractivity contribution >= 4 is 16.8 Å². The first-order chi connectivity index (χ1) is 16.0. The number of nitrogens with zero attached hydrogens (tertiary/aromatic N) is 4. The Bertz CT molecular complexity index is 1330. The molecule has 8 heteroatoms. The van der Waals surface area contributed by atoms with Crippen molar-refractivity contribution in [2.75, 3.05) is 13.7 Å². The maximum absolute atomic E-state index is 12.1. The Hall–Kier alpha value is -3.78. The molecule has 0 aliphatic carbocycles. The predicted molar refractivity (Wildman–Crippen MR) is 124 cm³/mol. The molecule has 2 aromatic heterocycles. The van der Waals surface area contributed by atoms with Crippen molar-refractivity contribution in [1.29, 1.82) is 0 Å². The molecule has 0 bridgehead atoms. The SMILES string of the molecule is COc1cc2ncnc(-c3cn(C)nc3-c3ccccc3)c2cc1C1(NC(C)=O)CCCO1. The molecule has 1 aliphatic heterocycles. The zero-order chi connectivity index (χ0) is 23.0. The maximum atomic E-state index is 12.1. The Balaban J connectivity index is 1.75. The van der Waals surface area contributed by atoms with Crippen LogP contribution in [0.1, 0.15) is 25.3 Å². The van der Waals surface area contributed by atoms with Gasteiger partial charge in [-0.05, 0) is 12.5 Å². The minimum atomic E-state index is -0.949. The number of hydrogen-bond donors (Lipinski definition) is 1. The highest BCUT2D eigenvalue weighted by Gasteiger charge is 2.40. The number of methoxy groups -OCH3 is 1. The third-order valence-corrected chi connectivity index (χ3v) is 5.92. The smallest absolute Gasteiger partial charge is 0.219 e. The van der Waals surface area contributed by atoms with Gasteiger partial charge in [0.1, 0.15) is 17.8 Å². The van der Waals surface area contributed by atoms with Crippen LogP contribution in [0.2, 0.25) is 0 Å². The maximum Gasteiger partial charge on any atom is 0.219 e. The fraction of sp³-hybridized carbons (Fsp3) is 0.280. The third kappa shape index (κ3) is 3.72. The topological polar surface area (TPSA) is 91.2 Å². The van der Waals surface area contributed by atoms with E-state index in [1.54, 1.807) is 18.1 Å². The number of aromatic nitrogens is 4. The summed E-state index contributed by atoms with van der Waals surface area (Å²) >= 11 is 0. The number of fused-ring (bicyclic) bond motifs is 1. The fourth-order valence-electron chi connectivity index (χ4n) is 4.56. The van der Waals surface area contributed by atoms with Gasteiger partial charge >= 0.3 is 0 Å². The second-order valence-corrected chi connectivity index (χ2v) is 8.18. The van der Waals surface area contributed by atoms with E-state index in [-0.39, 0.29) is 5.91 Å². The Morgan fingerprint density at radius 2 is 2.00 bits per heavy atom. The minimum Gasteiger partial charge on any atom is -0.496 e. The van der Waals surface area contributed by atoms with E-state index in [1.807, 2.05) is 55.7 Å². The Kier molecular flexibility index (Phi) is 5.30. The van der Waals surface area contributed by atoms with Gasteiger partial charge in [-0.25, -0.2) is 9.97 Å². The van der Waals surface area contributed by atoms with Crippen molar-refractivity contribution in [2.45, 2.75) is 25.5 Å². The summed E-state index contributed by atoms with van der Waals surface area (Å²) in [6, 6.07) is 13.9. The monoisotopic (exact) mass is 443 g/mol. The van der Waals surface area contributed by atoms with Crippen LogP contribution in [0.3, 0.4) is 0 Å². The lowest BCUT2D eigenvalue weighted by atomic mass is 9.94. The normalized spacial score (nSPS) is 17.9. The number of ether oxygens (including phenoxy) is 2. The first kappa shape index (κ1) is 21.1. The summed E-state index contributed by atoms with van der Waals surface area (Å²) in [6.45, 7) is 2.05. The molecule has 33 heavy (non-hydrogen) atoms. The molecule has 1 aliphatic rings. The molecule has 1 saturated heterocycles. The summed E-state index contributed by atoms with van der Waals surface area (Å²) in [5.74, 6) is 0.444. The van der Waals surface area contributed by atoms with Crippen LogP contribution in [0.5, 0.6) is 5.75 Å². The van der Waals surface area contributed by atoms with Gasteiger partial charge in [0.2, 0.25) is 5.91 Å². The Morgan fingerprint density at radius 3 is 2.70 bits per heavy atom. The molecule has 1 N–H and O–H groups in total. The van der Waals surface area contributed by atoms with Gasteiger partial charge in [-0.2, -0.15) is 5.10 Å². The quantitative estimate of drug-likeness (QED) is 0.504. The summed E-state index contributed by atoms with van der Waals surface area (Å²) in [6.07, 6.45) is 5.00. The van der Waals surface area contributed by atoms with Crippen LogP contribution in [0, 0.1) is 0 Å². The van der Waals surface area contributed by atoms with E-state index in [4.69, 9.17) is 14.6 Å². The van der Waals surface area contributed by atoms with Crippen molar-refractivity contribution in [1.82, 2.24) is 25.1 Å². The van der Waals surface area contributed by atoms with Crippen LogP contribution in [0.15, 0.2) is 55.0 Å². The van der Waals surface area contributed by atoms with Gasteiger partial charge in [-0.3, -0.25) is 9.48 Å². The zero-order valence-electron chi connectivity index (χ0n) is 18.8. The van der Waals surface area contributed by atoms with Gasteiger partial charge in [-0.15, -0.1) is 0 Å². The molecule has 168 valence electrons. The number of hydrogen-bond acceptors (Lipinski definition) is 6. The highest BCUT2D eigenvalue weighted by atomic mass is 16.5. The average molecular weight is 444 g/mol. The number of carbonyl (C=O) groups excluding carboxylic acids is 1. The van der Waals surface area contributed by atoms with E-state index < -0.39 is 5.72 Å². The van der Waals surface area contributed by atoms with Crippen molar-refractivity contribution in [3.05, 3.63) is 60.6 Å². The van der Waals surface area contributed by atoms with E-state index in [0.717, 1.165) is 45.4 Å². The van der Waals surface area contributed by atoms with Crippen LogP contribution in [-0.4, -0.2) is 39.4 Å². The highest BCUT2D eigenvalue weighted by molar-refractivity contribution is 5.97. The summed E-state index contributed by atoms with van der Waals surface area (Å²) in [5, 5.41) is 8.55. The molecule has 5 rings (SSSR count). The van der Waals surface area contributed by atoms with E-state index in [2.05, 4.69) is 15.3 Å². The van der Waals surface area contributed by atoms with Crippen LogP contribution in [-0.2, 0) is 22.3 Å². The van der Waals surface area contributed by atoms with Crippen molar-refractivity contribution in [2.24, 2.45) is 7.05 Å². The average Bonchev–Trinajstić information content (AvgIpc) is 3.45. The van der Waals surface area contributed by atoms with Gasteiger partial charge in [0.25, 0.3) is 0 Å². The van der Waals surface area contributed by atoms with Gasteiger partial charge in [-0.1, -0.05) is 30.3 Å². The number of carbonyl (C=O) groups is 1. The molecule has 0 spiro atoms. The highest BCUT2D eigenvalue weighted by Crippen LogP contribution is 2.42. The summed E-state index contributed by atoms with van der Waals surface area (Å²) in [4.78, 5) is 21.2. The molecule has 0 saturated carbocycles. The van der Waals surface area contributed by atoms with Crippen LogP contribution < -0.4 is 10.1 Å². The third-order valence-electron chi connectivity index (χ3n) is 5.92. The first-order valence-corrected chi connectivity index (χ1v) is 10.9. The van der Waals surface area contributed by atoms with Gasteiger partial charge < -0.3 is 14.8 Å². The van der Waals surface area contributed by atoms with Gasteiger partial charge in [0.15, 0.2) is 5.72 Å². The number of nitrogens with one attached hydrogen (secondary N) is 1. The molecule has 1 atom stereocenters. The lowest BCUT2D eigenvalue weighted by Gasteiger charge is -2.31. The van der Waals surface area contributed by atoms with Gasteiger partial charge in [0, 0.05) is 54.7 Å². The zero-order valence-corrected chi connectivity index (χ0v) is 18.8. The van der Waals surface area contributed by atoms with Crippen LogP contribution in [0.4, 0.5) is 0 Å². The molecule has 8 nitrogen and oxygen atoms in total. The second kappa shape index (κ2) is 8.29. The summed E-state index contributed by atoms with van der Waals surface area (Å²) in [5.41, 5.74) is 4.03. The molecular formula is C25H25N5O3.